The lowest BCUT2D eigenvalue weighted by molar-refractivity contribution is 0.282. The smallest absolute Gasteiger partial charge is 0.175 e. The highest BCUT2D eigenvalue weighted by atomic mass is 79.9. The predicted octanol–water partition coefficient (Wildman–Crippen LogP) is 5.74. The summed E-state index contributed by atoms with van der Waals surface area (Å²) in [6, 6.07) is 26.8. The monoisotopic (exact) mass is 525 g/mol. The zero-order valence-corrected chi connectivity index (χ0v) is 20.4. The van der Waals surface area contributed by atoms with Gasteiger partial charge in [0.2, 0.25) is 0 Å². The first kappa shape index (κ1) is 23.6. The first-order valence-corrected chi connectivity index (χ1v) is 11.4. The van der Waals surface area contributed by atoms with Crippen LogP contribution >= 0.6 is 15.9 Å². The molecule has 4 rings (SSSR count). The maximum atomic E-state index is 9.91. The minimum absolute atomic E-state index is 0.135. The molecule has 0 amide bonds. The summed E-state index contributed by atoms with van der Waals surface area (Å²) in [5.41, 5.74) is 9.10. The number of halogens is 1. The summed E-state index contributed by atoms with van der Waals surface area (Å²) < 4.78 is 13.6. The van der Waals surface area contributed by atoms with E-state index in [2.05, 4.69) is 33.2 Å². The van der Waals surface area contributed by atoms with Crippen LogP contribution in [0.3, 0.4) is 0 Å². The van der Waals surface area contributed by atoms with E-state index in [-0.39, 0.29) is 22.6 Å². The molecule has 0 atom stereocenters. The number of nitrogen functional groups attached to an aromatic ring is 1. The molecule has 0 aliphatic rings. The molecule has 0 fully saturated rings. The van der Waals surface area contributed by atoms with E-state index in [1.165, 1.54) is 4.68 Å². The summed E-state index contributed by atoms with van der Waals surface area (Å²) >= 11 is 3.55. The van der Waals surface area contributed by atoms with Gasteiger partial charge in [-0.25, -0.2) is 4.68 Å². The van der Waals surface area contributed by atoms with Gasteiger partial charge in [-0.2, -0.15) is 15.6 Å². The molecule has 7 nitrogen and oxygen atoms in total. The third-order valence-electron chi connectivity index (χ3n) is 5.20. The van der Waals surface area contributed by atoms with Gasteiger partial charge >= 0.3 is 0 Å². The Morgan fingerprint density at radius 2 is 1.77 bits per heavy atom. The topological polar surface area (TPSA) is 110 Å². The molecule has 0 spiro atoms. The van der Waals surface area contributed by atoms with Crippen LogP contribution < -0.4 is 15.2 Å². The average Bonchev–Trinajstić information content (AvgIpc) is 3.23. The van der Waals surface area contributed by atoms with Crippen LogP contribution in [0.25, 0.3) is 17.3 Å². The number of anilines is 1. The van der Waals surface area contributed by atoms with Gasteiger partial charge in [0.15, 0.2) is 11.5 Å². The molecule has 0 radical (unpaired) electrons. The molecule has 172 valence electrons. The molecule has 4 aromatic rings. The van der Waals surface area contributed by atoms with Gasteiger partial charge in [-0.05, 0) is 57.4 Å². The van der Waals surface area contributed by atoms with Gasteiger partial charge in [-0.3, -0.25) is 0 Å². The normalized spacial score (nSPS) is 10.9. The van der Waals surface area contributed by atoms with Gasteiger partial charge in [0.05, 0.1) is 22.8 Å². The summed E-state index contributed by atoms with van der Waals surface area (Å²) in [6.07, 6.45) is 1.63. The predicted molar refractivity (Wildman–Crippen MR) is 138 cm³/mol. The lowest BCUT2D eigenvalue weighted by Crippen LogP contribution is -2.02. The third-order valence-corrected chi connectivity index (χ3v) is 5.79. The number of nitrogens with zero attached hydrogens (tertiary/aromatic N) is 4. The van der Waals surface area contributed by atoms with Gasteiger partial charge in [0, 0.05) is 0 Å². The molecule has 0 bridgehead atoms. The van der Waals surface area contributed by atoms with Crippen LogP contribution in [-0.2, 0) is 6.61 Å². The Morgan fingerprint density at radius 3 is 2.40 bits per heavy atom. The van der Waals surface area contributed by atoms with Crippen molar-refractivity contribution in [2.45, 2.75) is 6.61 Å². The second-order valence-corrected chi connectivity index (χ2v) is 8.30. The SMILES string of the molecule is COc1cc(/C=C(/C#N)c2nn(-c3ccccc3)c(N)c2C#N)cc(Br)c1OCc1ccccc1. The zero-order chi connectivity index (χ0) is 24.8. The Balaban J connectivity index is 1.71. The number of rotatable bonds is 7. The molecule has 0 saturated carbocycles. The van der Waals surface area contributed by atoms with E-state index in [4.69, 9.17) is 15.2 Å². The molecule has 0 aliphatic heterocycles. The van der Waals surface area contributed by atoms with E-state index in [1.807, 2.05) is 66.7 Å². The standard InChI is InChI=1S/C27H20BrN5O2/c1-34-24-14-19(13-23(28)26(24)35-17-18-8-4-2-5-9-18)12-20(15-29)25-22(16-30)27(31)33(32-25)21-10-6-3-7-11-21/h2-14H,17,31H2,1H3/b20-12-. The van der Waals surface area contributed by atoms with E-state index >= 15 is 0 Å². The second-order valence-electron chi connectivity index (χ2n) is 7.45. The number of hydrogen-bond donors (Lipinski definition) is 1. The number of nitrogens with two attached hydrogens (primary N) is 1. The highest BCUT2D eigenvalue weighted by Crippen LogP contribution is 2.38. The van der Waals surface area contributed by atoms with Crippen LogP contribution in [0.5, 0.6) is 11.5 Å². The van der Waals surface area contributed by atoms with Crippen LogP contribution in [0.15, 0.2) is 77.3 Å². The fourth-order valence-corrected chi connectivity index (χ4v) is 4.08. The van der Waals surface area contributed by atoms with Crippen molar-refractivity contribution in [3.8, 4) is 29.3 Å². The fraction of sp³-hybridized carbons (Fsp3) is 0.0741. The van der Waals surface area contributed by atoms with Gasteiger partial charge in [-0.15, -0.1) is 0 Å². The minimum Gasteiger partial charge on any atom is -0.493 e. The van der Waals surface area contributed by atoms with E-state index in [0.717, 1.165) is 5.56 Å². The summed E-state index contributed by atoms with van der Waals surface area (Å²) in [6.45, 7) is 0.371. The van der Waals surface area contributed by atoms with E-state index < -0.39 is 0 Å². The van der Waals surface area contributed by atoms with Crippen molar-refractivity contribution < 1.29 is 9.47 Å². The maximum absolute atomic E-state index is 9.91. The van der Waals surface area contributed by atoms with Crippen LogP contribution in [0.2, 0.25) is 0 Å². The van der Waals surface area contributed by atoms with Crippen LogP contribution in [0.4, 0.5) is 5.82 Å². The molecular formula is C27H20BrN5O2. The Labute approximate surface area is 211 Å². The molecular weight excluding hydrogens is 506 g/mol. The van der Waals surface area contributed by atoms with Gasteiger partial charge < -0.3 is 15.2 Å². The second kappa shape index (κ2) is 10.6. The number of methoxy groups -OCH3 is 1. The summed E-state index contributed by atoms with van der Waals surface area (Å²) in [5.74, 6) is 1.20. The van der Waals surface area contributed by atoms with Crippen molar-refractivity contribution in [2.24, 2.45) is 0 Å². The number of nitriles is 2. The molecule has 1 aromatic heterocycles. The van der Waals surface area contributed by atoms with Crippen molar-refractivity contribution >= 4 is 33.4 Å². The quantitative estimate of drug-likeness (QED) is 0.308. The molecule has 0 saturated heterocycles. The van der Waals surface area contributed by atoms with Crippen molar-refractivity contribution in [2.75, 3.05) is 12.8 Å². The number of allylic oxidation sites excluding steroid dienone is 1. The molecule has 35 heavy (non-hydrogen) atoms. The van der Waals surface area contributed by atoms with Crippen LogP contribution in [-0.4, -0.2) is 16.9 Å². The maximum Gasteiger partial charge on any atom is 0.175 e. The minimum atomic E-state index is 0.135. The van der Waals surface area contributed by atoms with Gasteiger partial charge in [0.25, 0.3) is 0 Å². The number of para-hydroxylation sites is 1. The van der Waals surface area contributed by atoms with Crippen molar-refractivity contribution in [3.05, 3.63) is 99.7 Å². The third kappa shape index (κ3) is 5.03. The summed E-state index contributed by atoms with van der Waals surface area (Å²) in [5, 5.41) is 24.1. The lowest BCUT2D eigenvalue weighted by atomic mass is 10.1. The Kier molecular flexibility index (Phi) is 7.15. The van der Waals surface area contributed by atoms with E-state index in [0.29, 0.717) is 33.8 Å². The van der Waals surface area contributed by atoms with Crippen molar-refractivity contribution in [1.29, 1.82) is 10.5 Å². The van der Waals surface area contributed by atoms with Crippen molar-refractivity contribution in [1.82, 2.24) is 9.78 Å². The number of hydrogen-bond acceptors (Lipinski definition) is 6. The van der Waals surface area contributed by atoms with E-state index in [1.54, 1.807) is 19.3 Å². The number of ether oxygens (including phenoxy) is 2. The van der Waals surface area contributed by atoms with E-state index in [9.17, 15) is 10.5 Å². The molecule has 8 heteroatoms. The average molecular weight is 526 g/mol. The highest BCUT2D eigenvalue weighted by molar-refractivity contribution is 9.10. The summed E-state index contributed by atoms with van der Waals surface area (Å²) in [7, 11) is 1.55. The first-order chi connectivity index (χ1) is 17.0. The lowest BCUT2D eigenvalue weighted by Gasteiger charge is -2.14. The Morgan fingerprint density at radius 1 is 1.09 bits per heavy atom. The Bertz CT molecular complexity index is 1470. The molecule has 0 unspecified atom stereocenters. The molecule has 1 heterocycles. The van der Waals surface area contributed by atoms with Gasteiger partial charge in [-0.1, -0.05) is 48.5 Å². The van der Waals surface area contributed by atoms with Crippen LogP contribution in [0, 0.1) is 22.7 Å². The largest absolute Gasteiger partial charge is 0.493 e. The fourth-order valence-electron chi connectivity index (χ4n) is 3.51. The molecule has 3 aromatic carbocycles. The molecule has 0 aliphatic carbocycles. The number of benzene rings is 3. The first-order valence-electron chi connectivity index (χ1n) is 10.6. The highest BCUT2D eigenvalue weighted by Gasteiger charge is 2.20. The van der Waals surface area contributed by atoms with Crippen molar-refractivity contribution in [3.63, 3.8) is 0 Å². The summed E-state index contributed by atoms with van der Waals surface area (Å²) in [4.78, 5) is 0. The zero-order valence-electron chi connectivity index (χ0n) is 18.8. The van der Waals surface area contributed by atoms with Gasteiger partial charge in [0.1, 0.15) is 35.8 Å². The number of aromatic nitrogens is 2. The molecule has 2 N–H and O–H groups in total. The van der Waals surface area contributed by atoms with Crippen LogP contribution in [0.1, 0.15) is 22.4 Å². The Hall–Kier alpha value is -4.53.